The van der Waals surface area contributed by atoms with Crippen molar-refractivity contribution in [2.24, 2.45) is 0 Å². The van der Waals surface area contributed by atoms with E-state index in [1.54, 1.807) is 23.1 Å². The van der Waals surface area contributed by atoms with Crippen LogP contribution in [0.3, 0.4) is 0 Å². The zero-order valence-corrected chi connectivity index (χ0v) is 20.5. The summed E-state index contributed by atoms with van der Waals surface area (Å²) in [4.78, 5) is 30.9. The van der Waals surface area contributed by atoms with Crippen LogP contribution in [0.2, 0.25) is 0 Å². The van der Waals surface area contributed by atoms with Crippen LogP contribution < -0.4 is 4.90 Å². The van der Waals surface area contributed by atoms with E-state index in [2.05, 4.69) is 9.47 Å². The summed E-state index contributed by atoms with van der Waals surface area (Å²) >= 11 is 0. The van der Waals surface area contributed by atoms with Gasteiger partial charge in [-0.25, -0.2) is 19.7 Å². The maximum atomic E-state index is 12.5. The molecule has 186 valence electrons. The Labute approximate surface area is 204 Å². The zero-order valence-electron chi connectivity index (χ0n) is 20.5. The molecule has 10 nitrogen and oxygen atoms in total. The number of fused-ring (bicyclic) bond motifs is 1. The van der Waals surface area contributed by atoms with Crippen molar-refractivity contribution < 1.29 is 19.4 Å². The largest absolute Gasteiger partial charge is 0.508 e. The van der Waals surface area contributed by atoms with Crippen molar-refractivity contribution in [1.82, 2.24) is 24.4 Å². The van der Waals surface area contributed by atoms with E-state index in [0.717, 1.165) is 48.5 Å². The smallest absolute Gasteiger partial charge is 0.410 e. The first-order chi connectivity index (χ1) is 16.8. The molecule has 2 fully saturated rings. The number of nitrogens with zero attached hydrogens (tertiary/aromatic N) is 6. The fourth-order valence-electron chi connectivity index (χ4n) is 4.59. The van der Waals surface area contributed by atoms with Crippen LogP contribution in [0.25, 0.3) is 22.6 Å². The monoisotopic (exact) mass is 480 g/mol. The molecule has 4 heterocycles. The number of anilines is 1. The van der Waals surface area contributed by atoms with Gasteiger partial charge in [-0.1, -0.05) is 12.1 Å². The molecule has 0 radical (unpaired) electrons. The Balaban J connectivity index is 1.47. The molecule has 0 saturated carbocycles. The normalized spacial score (nSPS) is 17.7. The van der Waals surface area contributed by atoms with E-state index in [-0.39, 0.29) is 17.9 Å². The van der Waals surface area contributed by atoms with Gasteiger partial charge in [0.15, 0.2) is 22.8 Å². The minimum atomic E-state index is -0.510. The molecule has 5 rings (SSSR count). The number of piperidine rings is 1. The number of carbonyl (C=O) groups is 1. The first kappa shape index (κ1) is 23.3. The van der Waals surface area contributed by atoms with Crippen LogP contribution in [-0.4, -0.2) is 80.6 Å². The van der Waals surface area contributed by atoms with E-state index in [1.165, 1.54) is 0 Å². The standard InChI is InChI=1S/C25H32N6O4/c1-25(2,3)35-24(33)30-9-7-18(8-10-30)31-16-26-20-22(29-11-13-34-14-12-29)27-21(28-23(20)31)17-5-4-6-19(32)15-17/h4-6,15-16,18,32H,7-14H2,1-3H3. The topological polar surface area (TPSA) is 106 Å². The zero-order chi connectivity index (χ0) is 24.6. The molecule has 10 heteroatoms. The molecule has 2 aliphatic rings. The number of aromatic nitrogens is 4. The van der Waals surface area contributed by atoms with Crippen molar-refractivity contribution in [2.45, 2.75) is 45.3 Å². The van der Waals surface area contributed by atoms with Crippen molar-refractivity contribution in [3.8, 4) is 17.1 Å². The number of morpholine rings is 1. The second kappa shape index (κ2) is 9.33. The summed E-state index contributed by atoms with van der Waals surface area (Å²) < 4.78 is 13.2. The average molecular weight is 481 g/mol. The molecule has 0 aliphatic carbocycles. The molecule has 2 aliphatic heterocycles. The number of carbonyl (C=O) groups excluding carboxylic acids is 1. The van der Waals surface area contributed by atoms with Gasteiger partial charge in [-0.2, -0.15) is 0 Å². The lowest BCUT2D eigenvalue weighted by Gasteiger charge is -2.34. The third kappa shape index (κ3) is 5.02. The molecule has 0 spiro atoms. The number of ether oxygens (including phenoxy) is 2. The van der Waals surface area contributed by atoms with Crippen LogP contribution in [0.15, 0.2) is 30.6 Å². The fourth-order valence-corrected chi connectivity index (χ4v) is 4.59. The van der Waals surface area contributed by atoms with Crippen LogP contribution in [0.4, 0.5) is 10.6 Å². The highest BCUT2D eigenvalue weighted by molar-refractivity contribution is 5.86. The summed E-state index contributed by atoms with van der Waals surface area (Å²) in [6, 6.07) is 7.14. The molecule has 1 aromatic carbocycles. The van der Waals surface area contributed by atoms with E-state index >= 15 is 0 Å². The van der Waals surface area contributed by atoms with E-state index in [4.69, 9.17) is 24.4 Å². The second-order valence-corrected chi connectivity index (χ2v) is 10.0. The third-order valence-electron chi connectivity index (χ3n) is 6.33. The molecular weight excluding hydrogens is 448 g/mol. The molecule has 0 atom stereocenters. The molecule has 2 aromatic heterocycles. The van der Waals surface area contributed by atoms with Crippen LogP contribution in [0.1, 0.15) is 39.7 Å². The predicted octanol–water partition coefficient (Wildman–Crippen LogP) is 3.61. The highest BCUT2D eigenvalue weighted by Gasteiger charge is 2.29. The number of benzene rings is 1. The number of hydrogen-bond acceptors (Lipinski definition) is 8. The molecule has 1 amide bonds. The van der Waals surface area contributed by atoms with Crippen molar-refractivity contribution >= 4 is 23.1 Å². The van der Waals surface area contributed by atoms with E-state index < -0.39 is 5.60 Å². The van der Waals surface area contributed by atoms with E-state index in [1.807, 2.05) is 33.2 Å². The van der Waals surface area contributed by atoms with E-state index in [9.17, 15) is 9.90 Å². The summed E-state index contributed by atoms with van der Waals surface area (Å²) in [5, 5.41) is 10.0. The average Bonchev–Trinajstić information content (AvgIpc) is 3.27. The highest BCUT2D eigenvalue weighted by atomic mass is 16.6. The van der Waals surface area contributed by atoms with Gasteiger partial charge in [-0.15, -0.1) is 0 Å². The van der Waals surface area contributed by atoms with Gasteiger partial charge in [-0.05, 0) is 45.7 Å². The molecule has 3 aromatic rings. The number of likely N-dealkylation sites (tertiary alicyclic amines) is 1. The first-order valence-corrected chi connectivity index (χ1v) is 12.1. The summed E-state index contributed by atoms with van der Waals surface area (Å²) in [5.74, 6) is 1.49. The lowest BCUT2D eigenvalue weighted by atomic mass is 10.1. The molecule has 2 saturated heterocycles. The number of aromatic hydroxyl groups is 1. The van der Waals surface area contributed by atoms with Crippen LogP contribution >= 0.6 is 0 Å². The van der Waals surface area contributed by atoms with Gasteiger partial charge >= 0.3 is 6.09 Å². The maximum absolute atomic E-state index is 12.5. The minimum Gasteiger partial charge on any atom is -0.508 e. The lowest BCUT2D eigenvalue weighted by molar-refractivity contribution is 0.0189. The minimum absolute atomic E-state index is 0.156. The van der Waals surface area contributed by atoms with Crippen LogP contribution in [0, 0.1) is 0 Å². The van der Waals surface area contributed by atoms with Crippen molar-refractivity contribution in [3.63, 3.8) is 0 Å². The fraction of sp³-hybridized carbons (Fsp3) is 0.520. The quantitative estimate of drug-likeness (QED) is 0.606. The third-order valence-corrected chi connectivity index (χ3v) is 6.33. The lowest BCUT2D eigenvalue weighted by Crippen LogP contribution is -2.42. The Morgan fingerprint density at radius 3 is 2.54 bits per heavy atom. The molecule has 0 bridgehead atoms. The molecular formula is C25H32N6O4. The summed E-state index contributed by atoms with van der Waals surface area (Å²) in [7, 11) is 0. The Morgan fingerprint density at radius 1 is 1.11 bits per heavy atom. The van der Waals surface area contributed by atoms with Crippen LogP contribution in [-0.2, 0) is 9.47 Å². The number of phenolic OH excluding ortho intramolecular Hbond substituents is 1. The predicted molar refractivity (Wildman–Crippen MR) is 132 cm³/mol. The second-order valence-electron chi connectivity index (χ2n) is 10.0. The van der Waals surface area contributed by atoms with Gasteiger partial charge in [0.25, 0.3) is 0 Å². The summed E-state index contributed by atoms with van der Waals surface area (Å²) in [6.07, 6.45) is 3.13. The molecule has 0 unspecified atom stereocenters. The van der Waals surface area contributed by atoms with Crippen LogP contribution in [0.5, 0.6) is 5.75 Å². The Bertz CT molecular complexity index is 1210. The molecule has 1 N–H and O–H groups in total. The Hall–Kier alpha value is -3.40. The number of hydrogen-bond donors (Lipinski definition) is 1. The molecule has 35 heavy (non-hydrogen) atoms. The number of imidazole rings is 1. The summed E-state index contributed by atoms with van der Waals surface area (Å²) in [5.41, 5.74) is 1.75. The first-order valence-electron chi connectivity index (χ1n) is 12.1. The maximum Gasteiger partial charge on any atom is 0.410 e. The van der Waals surface area contributed by atoms with Gasteiger partial charge in [0.1, 0.15) is 11.4 Å². The number of rotatable bonds is 3. The SMILES string of the molecule is CC(C)(C)OC(=O)N1CCC(n2cnc3c(N4CCOCC4)nc(-c4cccc(O)c4)nc32)CC1. The van der Waals surface area contributed by atoms with E-state index in [0.29, 0.717) is 32.1 Å². The van der Waals surface area contributed by atoms with Crippen molar-refractivity contribution in [1.29, 1.82) is 0 Å². The van der Waals surface area contributed by atoms with Gasteiger partial charge in [0, 0.05) is 37.8 Å². The Kier molecular flexibility index (Phi) is 6.22. The highest BCUT2D eigenvalue weighted by Crippen LogP contribution is 2.32. The number of phenols is 1. The van der Waals surface area contributed by atoms with Crippen molar-refractivity contribution in [2.75, 3.05) is 44.3 Å². The van der Waals surface area contributed by atoms with Gasteiger partial charge in [0.2, 0.25) is 0 Å². The Morgan fingerprint density at radius 2 is 1.86 bits per heavy atom. The summed E-state index contributed by atoms with van der Waals surface area (Å²) in [6.45, 7) is 9.59. The van der Waals surface area contributed by atoms with Gasteiger partial charge in [0.05, 0.1) is 19.5 Å². The number of amides is 1. The van der Waals surface area contributed by atoms with Gasteiger partial charge < -0.3 is 28.9 Å². The van der Waals surface area contributed by atoms with Gasteiger partial charge in [-0.3, -0.25) is 0 Å². The van der Waals surface area contributed by atoms with Crippen molar-refractivity contribution in [3.05, 3.63) is 30.6 Å².